The van der Waals surface area contributed by atoms with Gasteiger partial charge in [-0.1, -0.05) is 0 Å². The first-order valence-corrected chi connectivity index (χ1v) is 5.93. The summed E-state index contributed by atoms with van der Waals surface area (Å²) in [6.45, 7) is 0. The molecule has 0 radical (unpaired) electrons. The maximum absolute atomic E-state index is 11.3. The van der Waals surface area contributed by atoms with Crippen molar-refractivity contribution in [2.24, 2.45) is 11.8 Å². The van der Waals surface area contributed by atoms with Gasteiger partial charge in [-0.05, 0) is 12.3 Å². The van der Waals surface area contributed by atoms with Crippen molar-refractivity contribution in [3.8, 4) is 0 Å². The van der Waals surface area contributed by atoms with Gasteiger partial charge < -0.3 is 19.3 Å². The number of halogens is 1. The highest BCUT2D eigenvalue weighted by molar-refractivity contribution is 6.21. The normalized spacial score (nSPS) is 33.1. The number of alkyl halides is 1. The molecule has 17 heavy (non-hydrogen) atoms. The Bertz CT molecular complexity index is 256. The lowest BCUT2D eigenvalue weighted by molar-refractivity contribution is -0.167. The lowest BCUT2D eigenvalue weighted by atomic mass is 9.91. The molecule has 1 N–H and O–H groups in total. The minimum Gasteiger partial charge on any atom is -0.469 e. The summed E-state index contributed by atoms with van der Waals surface area (Å²) in [6.07, 6.45) is -0.604. The quantitative estimate of drug-likeness (QED) is 0.452. The molecule has 0 aromatic heterocycles. The van der Waals surface area contributed by atoms with Crippen molar-refractivity contribution in [3.63, 3.8) is 0 Å². The molecule has 0 aromatic carbocycles. The minimum atomic E-state index is -0.628. The lowest BCUT2D eigenvalue weighted by Crippen LogP contribution is -2.36. The number of hydrogen-bond acceptors (Lipinski definition) is 5. The van der Waals surface area contributed by atoms with E-state index in [4.69, 9.17) is 21.1 Å². The molecule has 4 atom stereocenters. The van der Waals surface area contributed by atoms with Gasteiger partial charge in [0.05, 0.1) is 19.6 Å². The number of carbonyl (C=O) groups excluding carboxylic acids is 1. The summed E-state index contributed by atoms with van der Waals surface area (Å²) < 4.78 is 14.9. The van der Waals surface area contributed by atoms with Gasteiger partial charge in [-0.2, -0.15) is 0 Å². The van der Waals surface area contributed by atoms with Crippen LogP contribution in [0, 0.1) is 11.8 Å². The van der Waals surface area contributed by atoms with E-state index in [2.05, 4.69) is 4.74 Å². The van der Waals surface area contributed by atoms with Gasteiger partial charge >= 0.3 is 5.97 Å². The Balaban J connectivity index is 2.78. The van der Waals surface area contributed by atoms with Crippen LogP contribution in [-0.4, -0.2) is 50.2 Å². The molecule has 1 saturated carbocycles. The monoisotopic (exact) mass is 266 g/mol. The molecule has 0 heterocycles. The van der Waals surface area contributed by atoms with E-state index >= 15 is 0 Å². The van der Waals surface area contributed by atoms with Crippen molar-refractivity contribution in [3.05, 3.63) is 0 Å². The Hall–Kier alpha value is -0.360. The zero-order valence-corrected chi connectivity index (χ0v) is 11.0. The zero-order valence-electron chi connectivity index (χ0n) is 10.3. The van der Waals surface area contributed by atoms with Crippen molar-refractivity contribution in [2.45, 2.75) is 30.6 Å². The smallest absolute Gasteiger partial charge is 0.305 e. The van der Waals surface area contributed by atoms with Crippen molar-refractivity contribution in [1.29, 1.82) is 0 Å². The number of hydrogen-bond donors (Lipinski definition) is 1. The van der Waals surface area contributed by atoms with Gasteiger partial charge in [0.2, 0.25) is 0 Å². The van der Waals surface area contributed by atoms with Gasteiger partial charge in [0, 0.05) is 25.5 Å². The highest BCUT2D eigenvalue weighted by atomic mass is 35.5. The fourth-order valence-corrected chi connectivity index (χ4v) is 2.86. The Morgan fingerprint density at radius 2 is 2.00 bits per heavy atom. The van der Waals surface area contributed by atoms with Gasteiger partial charge in [-0.15, -0.1) is 11.6 Å². The Labute approximate surface area is 106 Å². The SMILES string of the molecule is COC(=O)C[C@@H]1[C@@H](C(OC)OC)[C@H](O)C[C@H]1Cl. The second kappa shape index (κ2) is 6.54. The van der Waals surface area contributed by atoms with E-state index in [1.165, 1.54) is 21.3 Å². The standard InChI is InChI=1S/C11H19ClO5/c1-15-9(14)4-6-7(12)5-8(13)10(6)11(16-2)17-3/h6-8,10-11,13H,4-5H2,1-3H3/t6-,7+,8+,10+/m0/s1. The molecule has 1 aliphatic rings. The van der Waals surface area contributed by atoms with Crippen LogP contribution in [0.25, 0.3) is 0 Å². The van der Waals surface area contributed by atoms with Gasteiger partial charge in [0.25, 0.3) is 0 Å². The number of aliphatic hydroxyl groups excluding tert-OH is 1. The number of ether oxygens (including phenoxy) is 3. The summed E-state index contributed by atoms with van der Waals surface area (Å²) >= 11 is 6.15. The third kappa shape index (κ3) is 3.31. The van der Waals surface area contributed by atoms with Crippen LogP contribution in [-0.2, 0) is 19.0 Å². The topological polar surface area (TPSA) is 65.0 Å². The van der Waals surface area contributed by atoms with Crippen LogP contribution >= 0.6 is 11.6 Å². The molecule has 0 saturated heterocycles. The second-order valence-corrected chi connectivity index (χ2v) is 4.74. The molecule has 0 aliphatic heterocycles. The van der Waals surface area contributed by atoms with Crippen LogP contribution in [0.3, 0.4) is 0 Å². The van der Waals surface area contributed by atoms with Crippen LogP contribution in [0.5, 0.6) is 0 Å². The van der Waals surface area contributed by atoms with E-state index in [1.54, 1.807) is 0 Å². The first-order valence-electron chi connectivity index (χ1n) is 5.49. The molecule has 1 rings (SSSR count). The maximum atomic E-state index is 11.3. The minimum absolute atomic E-state index is 0.162. The fraction of sp³-hybridized carbons (Fsp3) is 0.909. The summed E-state index contributed by atoms with van der Waals surface area (Å²) in [7, 11) is 4.32. The van der Waals surface area contributed by atoms with Crippen molar-refractivity contribution in [1.82, 2.24) is 0 Å². The average Bonchev–Trinajstić information content (AvgIpc) is 2.57. The maximum Gasteiger partial charge on any atom is 0.305 e. The van der Waals surface area contributed by atoms with Crippen molar-refractivity contribution >= 4 is 17.6 Å². The van der Waals surface area contributed by atoms with Crippen LogP contribution in [0.4, 0.5) is 0 Å². The molecular weight excluding hydrogens is 248 g/mol. The van der Waals surface area contributed by atoms with E-state index in [9.17, 15) is 9.90 Å². The molecule has 0 unspecified atom stereocenters. The van der Waals surface area contributed by atoms with Gasteiger partial charge in [0.1, 0.15) is 0 Å². The highest BCUT2D eigenvalue weighted by Gasteiger charge is 2.47. The molecule has 0 amide bonds. The summed E-state index contributed by atoms with van der Waals surface area (Å²) in [6, 6.07) is 0. The number of methoxy groups -OCH3 is 3. The largest absolute Gasteiger partial charge is 0.469 e. The van der Waals surface area contributed by atoms with E-state index in [1.807, 2.05) is 0 Å². The van der Waals surface area contributed by atoms with E-state index in [-0.39, 0.29) is 29.6 Å². The van der Waals surface area contributed by atoms with Gasteiger partial charge in [-0.3, -0.25) is 4.79 Å². The third-order valence-electron chi connectivity index (χ3n) is 3.28. The van der Waals surface area contributed by atoms with E-state index < -0.39 is 12.4 Å². The number of rotatable bonds is 5. The molecule has 1 fully saturated rings. The van der Waals surface area contributed by atoms with E-state index in [0.717, 1.165) is 0 Å². The predicted molar refractivity (Wildman–Crippen MR) is 61.7 cm³/mol. The molecule has 0 bridgehead atoms. The molecule has 0 aromatic rings. The first kappa shape index (κ1) is 14.7. The number of carbonyl (C=O) groups is 1. The summed E-state index contributed by atoms with van der Waals surface area (Å²) in [4.78, 5) is 11.3. The lowest BCUT2D eigenvalue weighted by Gasteiger charge is -2.28. The van der Waals surface area contributed by atoms with Crippen LogP contribution in [0.15, 0.2) is 0 Å². The molecule has 6 heteroatoms. The summed E-state index contributed by atoms with van der Waals surface area (Å²) in [5, 5.41) is 9.68. The Morgan fingerprint density at radius 1 is 1.41 bits per heavy atom. The molecule has 100 valence electrons. The van der Waals surface area contributed by atoms with Crippen LogP contribution in [0.1, 0.15) is 12.8 Å². The highest BCUT2D eigenvalue weighted by Crippen LogP contribution is 2.41. The van der Waals surface area contributed by atoms with Crippen molar-refractivity contribution < 1.29 is 24.1 Å². The van der Waals surface area contributed by atoms with E-state index in [0.29, 0.717) is 6.42 Å². The Morgan fingerprint density at radius 3 is 2.47 bits per heavy atom. The summed E-state index contributed by atoms with van der Waals surface area (Å²) in [5.41, 5.74) is 0. The van der Waals surface area contributed by atoms with Crippen LogP contribution in [0.2, 0.25) is 0 Å². The van der Waals surface area contributed by atoms with Gasteiger partial charge in [0.15, 0.2) is 6.29 Å². The van der Waals surface area contributed by atoms with Crippen LogP contribution < -0.4 is 0 Å². The van der Waals surface area contributed by atoms with Crippen molar-refractivity contribution in [2.75, 3.05) is 21.3 Å². The predicted octanol–water partition coefficient (Wildman–Crippen LogP) is 0.773. The third-order valence-corrected chi connectivity index (χ3v) is 3.78. The first-order chi connectivity index (χ1) is 8.04. The van der Waals surface area contributed by atoms with Gasteiger partial charge in [-0.25, -0.2) is 0 Å². The molecule has 0 spiro atoms. The summed E-state index contributed by atoms with van der Waals surface area (Å²) in [5.74, 6) is -0.860. The molecule has 1 aliphatic carbocycles. The number of aliphatic hydroxyl groups is 1. The zero-order chi connectivity index (χ0) is 13.0. The average molecular weight is 267 g/mol. The molecular formula is C11H19ClO5. The second-order valence-electron chi connectivity index (χ2n) is 4.18. The fourth-order valence-electron chi connectivity index (χ4n) is 2.42. The molecule has 5 nitrogen and oxygen atoms in total. The Kier molecular flexibility index (Phi) is 5.66. The number of esters is 1.